The second kappa shape index (κ2) is 13.8. The summed E-state index contributed by atoms with van der Waals surface area (Å²) in [6.45, 7) is -26.5. The Hall–Kier alpha value is -2.12. The largest absolute Gasteiger partial charge is 0.497 e. The van der Waals surface area contributed by atoms with E-state index in [0.29, 0.717) is 0 Å². The molecule has 38 heavy (non-hydrogen) atoms. The van der Waals surface area contributed by atoms with Gasteiger partial charge in [0.2, 0.25) is 0 Å². The van der Waals surface area contributed by atoms with Gasteiger partial charge in [-0.1, -0.05) is 49.7 Å². The van der Waals surface area contributed by atoms with Crippen LogP contribution in [0, 0.1) is 11.8 Å². The molecule has 2 saturated carbocycles. The SMILES string of the molecule is [2H]c1c([2H])c(OC([2H])([2H])[2H])c([2H])c(C2(O)C([2H])([2H])C([2H])([2H])C([2H])([2H])C([2H])([2H])C2([2H])C([2H])([2H])N(C([2H])([2H])[2H])C([2H])([2H])[2H])c1[2H].[2H]c1c([2H])c(OC([2H])([2H])[2H])c([2H])c([C@]2(O)C([2H])([2H])C([2H])([2H])C([2H])([2H])C([2H])([2H])[C@@]2([2H])C([2H])([2H])N(C([2H])([2H])[2H])C([2H])([2H])[2H])c1[2H]. The van der Waals surface area contributed by atoms with Crippen molar-refractivity contribution in [2.24, 2.45) is 11.8 Å². The average Bonchev–Trinajstić information content (AvgIpc) is 0.649. The van der Waals surface area contributed by atoms with Gasteiger partial charge in [-0.05, 0) is 88.7 Å². The summed E-state index contributed by atoms with van der Waals surface area (Å²) < 4.78 is 396. The quantitative estimate of drug-likeness (QED) is 0.448. The van der Waals surface area contributed by atoms with E-state index in [4.69, 9.17) is 65.8 Å². The second-order valence-corrected chi connectivity index (χ2v) is 6.68. The number of ether oxygens (including phenoxy) is 2. The topological polar surface area (TPSA) is 65.4 Å². The van der Waals surface area contributed by atoms with E-state index < -0.39 is 210 Å². The number of hydrogen-bond acceptors (Lipinski definition) is 6. The number of nitrogens with zero attached hydrogens (tertiary/aromatic N) is 2. The summed E-state index contributed by atoms with van der Waals surface area (Å²) >= 11 is 0. The number of methoxy groups -OCH3 is 2. The normalized spacial score (nSPS) is 63.3. The highest BCUT2D eigenvalue weighted by Gasteiger charge is 2.41. The van der Waals surface area contributed by atoms with Gasteiger partial charge in [0.1, 0.15) is 11.5 Å². The molecule has 6 heteroatoms. The molecule has 2 aliphatic carbocycles. The summed E-state index contributed by atoms with van der Waals surface area (Å²) in [5, 5.41) is 24.4. The molecule has 0 aliphatic heterocycles. The van der Waals surface area contributed by atoms with Gasteiger partial charge in [-0.15, -0.1) is 0 Å². The van der Waals surface area contributed by atoms with E-state index >= 15 is 0 Å². The van der Waals surface area contributed by atoms with Crippen molar-refractivity contribution in [1.29, 1.82) is 0 Å². The minimum atomic E-state index is -4.97. The predicted molar refractivity (Wildman–Crippen MR) is 155 cm³/mol. The lowest BCUT2D eigenvalue weighted by molar-refractivity contribution is -0.0621. The molecule has 2 aromatic rings. The van der Waals surface area contributed by atoms with E-state index in [0.717, 1.165) is 0 Å². The van der Waals surface area contributed by atoms with E-state index in [1.807, 2.05) is 0 Å². The highest BCUT2D eigenvalue weighted by Crippen LogP contribution is 2.44. The Bertz CT molecular complexity index is 2720. The lowest BCUT2D eigenvalue weighted by atomic mass is 9.71. The lowest BCUT2D eigenvalue weighted by Crippen LogP contribution is -2.43. The lowest BCUT2D eigenvalue weighted by Gasteiger charge is -2.41. The smallest absolute Gasteiger partial charge is 0.119 e. The number of hydrogen-bond donors (Lipinski definition) is 2. The Kier molecular flexibility index (Phi) is 2.15. The molecule has 4 rings (SSSR count). The minimum absolute atomic E-state index is 1.15. The molecule has 2 aromatic carbocycles. The molecule has 4 atom stereocenters. The molecule has 212 valence electrons. The van der Waals surface area contributed by atoms with Gasteiger partial charge in [0.05, 0.1) is 44.5 Å². The van der Waals surface area contributed by atoms with Crippen molar-refractivity contribution in [2.75, 3.05) is 55.0 Å². The Morgan fingerprint density at radius 2 is 1.29 bits per heavy atom. The van der Waals surface area contributed by atoms with E-state index in [-0.39, 0.29) is 0 Å². The van der Waals surface area contributed by atoms with Crippen LogP contribution in [-0.4, -0.2) is 75.0 Å². The first-order valence-electron chi connectivity index (χ1n) is 33.6. The van der Waals surface area contributed by atoms with Crippen molar-refractivity contribution in [3.8, 4) is 11.5 Å². The molecule has 0 heterocycles. The zero-order valence-corrected chi connectivity index (χ0v) is 18.6. The van der Waals surface area contributed by atoms with E-state index in [2.05, 4.69) is 9.47 Å². The number of benzene rings is 2. The van der Waals surface area contributed by atoms with Gasteiger partial charge in [0.15, 0.2) is 0 Å². The molecule has 0 amide bonds. The maximum Gasteiger partial charge on any atom is 0.119 e. The molecule has 2 aliphatic rings. The molecule has 0 saturated heterocycles. The Labute approximate surface area is 298 Å². The summed E-state index contributed by atoms with van der Waals surface area (Å²) in [6, 6.07) is -12.8. The third kappa shape index (κ3) is 7.50. The third-order valence-electron chi connectivity index (χ3n) is 4.29. The molecule has 0 bridgehead atoms. The zero-order chi connectivity index (χ0) is 69.5. The summed E-state index contributed by atoms with van der Waals surface area (Å²) in [4.78, 5) is -2.30. The predicted octanol–water partition coefficient (Wildman–Crippen LogP) is 5.27. The highest BCUT2D eigenvalue weighted by molar-refractivity contribution is 5.34. The molecule has 6 nitrogen and oxygen atoms in total. The summed E-state index contributed by atoms with van der Waals surface area (Å²) in [5.74, 6) is -13.0. The summed E-state index contributed by atoms with van der Waals surface area (Å²) in [6.07, 6.45) is -36.4. The van der Waals surface area contributed by atoms with Crippen LogP contribution in [0.5, 0.6) is 11.5 Å². The standard InChI is InChI=1S/2C16H25NO2/c2*1-17(2)12-14-7-4-5-10-16(14,18)13-8-6-9-15(11-13)19-3/h2*6,8-9,11,14,18H,4-5,7,10,12H2,1-3H3/t14-,16+;/m0./s1/i2*1D3,2D3,3D3,4D2,5D2,6D,7D2,8D,9D,10D2,11D,12D2,14D. The van der Waals surface area contributed by atoms with Gasteiger partial charge >= 0.3 is 0 Å². The first kappa shape index (κ1) is 5.92. The van der Waals surface area contributed by atoms with Crippen LogP contribution >= 0.6 is 0 Å². The maximum absolute atomic E-state index is 12.2. The number of rotatable bonds is 8. The fourth-order valence-corrected chi connectivity index (χ4v) is 2.67. The molecule has 0 aromatic heterocycles. The Morgan fingerprint density at radius 3 is 1.68 bits per heavy atom. The van der Waals surface area contributed by atoms with Crippen LogP contribution in [0.2, 0.25) is 0 Å². The van der Waals surface area contributed by atoms with Gasteiger partial charge in [0, 0.05) is 71.4 Å². The van der Waals surface area contributed by atoms with Gasteiger partial charge in [0.25, 0.3) is 0 Å². The van der Waals surface area contributed by atoms with Crippen molar-refractivity contribution in [2.45, 2.75) is 62.2 Å². The van der Waals surface area contributed by atoms with E-state index in [1.54, 1.807) is 0 Å². The van der Waals surface area contributed by atoms with Crippen molar-refractivity contribution < 1.29 is 85.5 Å². The summed E-state index contributed by atoms with van der Waals surface area (Å²) in [7, 11) is -7.14. The van der Waals surface area contributed by atoms with Crippen LogP contribution < -0.4 is 9.47 Å². The zero-order valence-electron chi connectivity index (χ0n) is 66.6. The first-order valence-corrected chi connectivity index (χ1v) is 9.61. The molecule has 2 N–H and O–H groups in total. The fraction of sp³-hybridized carbons (Fsp3) is 0.625. The van der Waals surface area contributed by atoms with E-state index in [1.165, 1.54) is 0 Å². The Balaban J connectivity index is 0.000000450. The molecule has 2 fully saturated rings. The van der Waals surface area contributed by atoms with E-state index in [9.17, 15) is 10.2 Å². The summed E-state index contributed by atoms with van der Waals surface area (Å²) in [5.41, 5.74) is -13.7. The van der Waals surface area contributed by atoms with Crippen LogP contribution in [0.3, 0.4) is 0 Å². The van der Waals surface area contributed by atoms with Crippen LogP contribution in [0.4, 0.5) is 0 Å². The molecule has 0 spiro atoms. The third-order valence-corrected chi connectivity index (χ3v) is 4.29. The number of aliphatic hydroxyl groups is 2. The van der Waals surface area contributed by atoms with Gasteiger partial charge in [-0.25, -0.2) is 0 Å². The monoisotopic (exact) mass is 575 g/mol. The minimum Gasteiger partial charge on any atom is -0.497 e. The van der Waals surface area contributed by atoms with Crippen LogP contribution in [0.15, 0.2) is 48.3 Å². The van der Waals surface area contributed by atoms with Gasteiger partial charge in [-0.2, -0.15) is 0 Å². The highest BCUT2D eigenvalue weighted by atomic mass is 16.5. The van der Waals surface area contributed by atoms with Crippen molar-refractivity contribution in [3.63, 3.8) is 0 Å². The second-order valence-electron chi connectivity index (χ2n) is 6.68. The van der Waals surface area contributed by atoms with Crippen LogP contribution in [0.1, 0.15) is 128 Å². The first-order chi connectivity index (χ1) is 37.0. The molecule has 2 unspecified atom stereocenters. The molecular weight excluding hydrogens is 476 g/mol. The molecule has 0 radical (unpaired) electrons. The maximum atomic E-state index is 12.2. The fourth-order valence-electron chi connectivity index (χ4n) is 2.67. The van der Waals surface area contributed by atoms with Gasteiger partial charge < -0.3 is 29.5 Å². The van der Waals surface area contributed by atoms with Crippen LogP contribution in [0.25, 0.3) is 0 Å². The Morgan fingerprint density at radius 1 is 0.842 bits per heavy atom. The van der Waals surface area contributed by atoms with Crippen LogP contribution in [-0.2, 0) is 11.2 Å². The van der Waals surface area contributed by atoms with Crippen molar-refractivity contribution in [1.82, 2.24) is 9.80 Å². The molecular formula is C32H50N2O4. The van der Waals surface area contributed by atoms with Crippen molar-refractivity contribution >= 4 is 0 Å². The van der Waals surface area contributed by atoms with Crippen molar-refractivity contribution in [3.05, 3.63) is 59.5 Å². The average molecular weight is 575 g/mol. The van der Waals surface area contributed by atoms with Gasteiger partial charge in [-0.3, -0.25) is 0 Å².